The van der Waals surface area contributed by atoms with Crippen molar-refractivity contribution in [2.24, 2.45) is 5.14 Å². The Morgan fingerprint density at radius 2 is 2.00 bits per heavy atom. The fraction of sp³-hybridized carbons (Fsp3) is 0.556. The Bertz CT molecular complexity index is 444. The van der Waals surface area contributed by atoms with Crippen molar-refractivity contribution in [3.05, 3.63) is 23.8 Å². The van der Waals surface area contributed by atoms with Crippen LogP contribution >= 0.6 is 0 Å². The van der Waals surface area contributed by atoms with E-state index in [0.717, 1.165) is 5.69 Å². The standard InChI is InChI=1S/C9H15N3O3S/c1-6-4-12-8(5-11-6)9(15-3)7(2)16(10,13)14/h4-5,7,9H,1-3H3,(H2,10,13,14)/t7?,9-/m0/s1. The van der Waals surface area contributed by atoms with Crippen molar-refractivity contribution in [1.82, 2.24) is 9.97 Å². The lowest BCUT2D eigenvalue weighted by atomic mass is 10.2. The third-order valence-electron chi connectivity index (χ3n) is 2.29. The van der Waals surface area contributed by atoms with Gasteiger partial charge in [-0.2, -0.15) is 0 Å². The lowest BCUT2D eigenvalue weighted by Gasteiger charge is -2.19. The highest BCUT2D eigenvalue weighted by molar-refractivity contribution is 7.89. The van der Waals surface area contributed by atoms with E-state index < -0.39 is 21.4 Å². The van der Waals surface area contributed by atoms with Crippen molar-refractivity contribution < 1.29 is 13.2 Å². The average Bonchev–Trinajstić information content (AvgIpc) is 2.20. The molecule has 0 saturated heterocycles. The summed E-state index contributed by atoms with van der Waals surface area (Å²) >= 11 is 0. The van der Waals surface area contributed by atoms with Crippen molar-refractivity contribution in [3.63, 3.8) is 0 Å². The molecule has 0 spiro atoms. The molecule has 1 aromatic rings. The molecule has 0 aliphatic carbocycles. The predicted octanol–water partition coefficient (Wildman–Crippen LogP) is 0.150. The van der Waals surface area contributed by atoms with Gasteiger partial charge in [-0.05, 0) is 13.8 Å². The minimum absolute atomic E-state index is 0.453. The van der Waals surface area contributed by atoms with Crippen molar-refractivity contribution in [1.29, 1.82) is 0 Å². The molecular weight excluding hydrogens is 230 g/mol. The molecule has 7 heteroatoms. The number of hydrogen-bond donors (Lipinski definition) is 1. The van der Waals surface area contributed by atoms with E-state index in [9.17, 15) is 8.42 Å². The molecule has 6 nitrogen and oxygen atoms in total. The molecule has 90 valence electrons. The quantitative estimate of drug-likeness (QED) is 0.814. The van der Waals surface area contributed by atoms with Gasteiger partial charge in [0, 0.05) is 13.3 Å². The molecular formula is C9H15N3O3S. The lowest BCUT2D eigenvalue weighted by Crippen LogP contribution is -2.32. The zero-order chi connectivity index (χ0) is 12.3. The van der Waals surface area contributed by atoms with Crippen LogP contribution in [0.15, 0.2) is 12.4 Å². The molecule has 0 aromatic carbocycles. The Labute approximate surface area is 94.9 Å². The Hall–Kier alpha value is -1.05. The van der Waals surface area contributed by atoms with Crippen LogP contribution in [0.4, 0.5) is 0 Å². The van der Waals surface area contributed by atoms with Gasteiger partial charge in [-0.3, -0.25) is 9.97 Å². The summed E-state index contributed by atoms with van der Waals surface area (Å²) in [5.41, 5.74) is 1.21. The average molecular weight is 245 g/mol. The van der Waals surface area contributed by atoms with Crippen LogP contribution in [0.25, 0.3) is 0 Å². The van der Waals surface area contributed by atoms with Crippen LogP contribution in [-0.2, 0) is 14.8 Å². The normalized spacial score (nSPS) is 15.8. The Kier molecular flexibility index (Phi) is 3.95. The van der Waals surface area contributed by atoms with Crippen molar-refractivity contribution >= 4 is 10.0 Å². The number of aryl methyl sites for hydroxylation is 1. The molecule has 16 heavy (non-hydrogen) atoms. The maximum atomic E-state index is 11.2. The number of methoxy groups -OCH3 is 1. The summed E-state index contributed by atoms with van der Waals surface area (Å²) in [4.78, 5) is 8.11. The number of nitrogens with two attached hydrogens (primary N) is 1. The Morgan fingerprint density at radius 3 is 2.38 bits per heavy atom. The zero-order valence-corrected chi connectivity index (χ0v) is 10.2. The number of aromatic nitrogens is 2. The van der Waals surface area contributed by atoms with Crippen LogP contribution in [0.2, 0.25) is 0 Å². The number of hydrogen-bond acceptors (Lipinski definition) is 5. The fourth-order valence-electron chi connectivity index (χ4n) is 1.27. The van der Waals surface area contributed by atoms with Crippen molar-refractivity contribution in [2.75, 3.05) is 7.11 Å². The smallest absolute Gasteiger partial charge is 0.214 e. The van der Waals surface area contributed by atoms with Gasteiger partial charge in [0.2, 0.25) is 10.0 Å². The summed E-state index contributed by atoms with van der Waals surface area (Å²) in [6.07, 6.45) is 2.34. The van der Waals surface area contributed by atoms with Crippen LogP contribution in [0.5, 0.6) is 0 Å². The Morgan fingerprint density at radius 1 is 1.38 bits per heavy atom. The molecule has 0 fully saturated rings. The van der Waals surface area contributed by atoms with Gasteiger partial charge in [0.15, 0.2) is 0 Å². The second kappa shape index (κ2) is 4.86. The molecule has 0 radical (unpaired) electrons. The van der Waals surface area contributed by atoms with E-state index in [0.29, 0.717) is 5.69 Å². The summed E-state index contributed by atoms with van der Waals surface area (Å²) in [6.45, 7) is 3.27. The van der Waals surface area contributed by atoms with E-state index in [1.165, 1.54) is 20.2 Å². The van der Waals surface area contributed by atoms with Gasteiger partial charge in [-0.1, -0.05) is 0 Å². The molecule has 0 saturated carbocycles. The molecule has 1 aromatic heterocycles. The first-order chi connectivity index (χ1) is 7.36. The molecule has 2 N–H and O–H groups in total. The number of rotatable bonds is 4. The predicted molar refractivity (Wildman–Crippen MR) is 59.1 cm³/mol. The third kappa shape index (κ3) is 2.97. The van der Waals surface area contributed by atoms with E-state index in [4.69, 9.17) is 9.88 Å². The summed E-state index contributed by atoms with van der Waals surface area (Å²) in [5, 5.41) is 4.20. The van der Waals surface area contributed by atoms with Gasteiger partial charge < -0.3 is 4.74 Å². The minimum atomic E-state index is -3.67. The third-order valence-corrected chi connectivity index (χ3v) is 3.57. The number of sulfonamides is 1. The number of primary sulfonamides is 1. The van der Waals surface area contributed by atoms with Gasteiger partial charge in [-0.25, -0.2) is 13.6 Å². The zero-order valence-electron chi connectivity index (χ0n) is 9.41. The monoisotopic (exact) mass is 245 g/mol. The summed E-state index contributed by atoms with van der Waals surface area (Å²) in [7, 11) is -2.25. The van der Waals surface area contributed by atoms with Crippen LogP contribution < -0.4 is 5.14 Å². The molecule has 1 rings (SSSR count). The van der Waals surface area contributed by atoms with Crippen LogP contribution in [0, 0.1) is 6.92 Å². The van der Waals surface area contributed by atoms with Crippen molar-refractivity contribution in [3.8, 4) is 0 Å². The van der Waals surface area contributed by atoms with Crippen molar-refractivity contribution in [2.45, 2.75) is 25.2 Å². The van der Waals surface area contributed by atoms with Crippen LogP contribution in [0.1, 0.15) is 24.4 Å². The lowest BCUT2D eigenvalue weighted by molar-refractivity contribution is 0.0984. The molecule has 1 heterocycles. The van der Waals surface area contributed by atoms with Gasteiger partial charge in [0.1, 0.15) is 11.4 Å². The topological polar surface area (TPSA) is 95.2 Å². The fourth-order valence-corrected chi connectivity index (χ4v) is 1.87. The van der Waals surface area contributed by atoms with Crippen LogP contribution in [-0.4, -0.2) is 30.7 Å². The van der Waals surface area contributed by atoms with Gasteiger partial charge in [0.25, 0.3) is 0 Å². The Balaban J connectivity index is 3.03. The highest BCUT2D eigenvalue weighted by Crippen LogP contribution is 2.21. The van der Waals surface area contributed by atoms with E-state index in [1.54, 1.807) is 13.1 Å². The van der Waals surface area contributed by atoms with E-state index in [1.807, 2.05) is 0 Å². The maximum absolute atomic E-state index is 11.2. The summed E-state index contributed by atoms with van der Waals surface area (Å²) in [6, 6.07) is 0. The highest BCUT2D eigenvalue weighted by atomic mass is 32.2. The minimum Gasteiger partial charge on any atom is -0.374 e. The number of nitrogens with zero attached hydrogens (tertiary/aromatic N) is 2. The maximum Gasteiger partial charge on any atom is 0.214 e. The van der Waals surface area contributed by atoms with E-state index in [-0.39, 0.29) is 0 Å². The second-order valence-electron chi connectivity index (χ2n) is 3.53. The first kappa shape index (κ1) is 13.0. The van der Waals surface area contributed by atoms with E-state index in [2.05, 4.69) is 9.97 Å². The van der Waals surface area contributed by atoms with Gasteiger partial charge in [0.05, 0.1) is 17.6 Å². The summed E-state index contributed by atoms with van der Waals surface area (Å²) < 4.78 is 27.5. The SMILES string of the molecule is CO[C@H](c1cnc(C)cn1)C(C)S(N)(=O)=O. The highest BCUT2D eigenvalue weighted by Gasteiger charge is 2.29. The first-order valence-corrected chi connectivity index (χ1v) is 6.30. The molecule has 0 aliphatic heterocycles. The largest absolute Gasteiger partial charge is 0.374 e. The van der Waals surface area contributed by atoms with Gasteiger partial charge in [-0.15, -0.1) is 0 Å². The molecule has 0 amide bonds. The number of ether oxygens (including phenoxy) is 1. The molecule has 2 atom stereocenters. The first-order valence-electron chi connectivity index (χ1n) is 4.69. The second-order valence-corrected chi connectivity index (χ2v) is 5.45. The summed E-state index contributed by atoms with van der Waals surface area (Å²) in [5.74, 6) is 0. The van der Waals surface area contributed by atoms with Crippen LogP contribution in [0.3, 0.4) is 0 Å². The molecule has 0 bridgehead atoms. The van der Waals surface area contributed by atoms with E-state index >= 15 is 0 Å². The molecule has 1 unspecified atom stereocenters. The molecule has 0 aliphatic rings. The van der Waals surface area contributed by atoms with Gasteiger partial charge >= 0.3 is 0 Å².